The number of halogens is 1. The summed E-state index contributed by atoms with van der Waals surface area (Å²) in [5.74, 6) is 0.795. The van der Waals surface area contributed by atoms with Gasteiger partial charge in [-0.05, 0) is 49.6 Å². The van der Waals surface area contributed by atoms with Gasteiger partial charge >= 0.3 is 0 Å². The second-order valence-electron chi connectivity index (χ2n) is 6.27. The Morgan fingerprint density at radius 1 is 1.07 bits per heavy atom. The van der Waals surface area contributed by atoms with E-state index in [0.717, 1.165) is 30.1 Å². The Hall–Kier alpha value is -2.60. The first-order valence-electron chi connectivity index (χ1n) is 9.50. The smallest absolute Gasteiger partial charge is 0.253 e. The minimum Gasteiger partial charge on any atom is -0.356 e. The normalized spacial score (nSPS) is 11.2. The average Bonchev–Trinajstić information content (AvgIpc) is 2.73. The van der Waals surface area contributed by atoms with Gasteiger partial charge in [-0.25, -0.2) is 4.98 Å². The number of hydrogen-bond acceptors (Lipinski definition) is 3. The lowest BCUT2D eigenvalue weighted by atomic mass is 10.1. The molecular formula is C21H28ClN5O. The molecule has 0 radical (unpaired) electrons. The van der Waals surface area contributed by atoms with Crippen LogP contribution in [0.3, 0.4) is 0 Å². The molecule has 28 heavy (non-hydrogen) atoms. The van der Waals surface area contributed by atoms with Crippen molar-refractivity contribution in [2.24, 2.45) is 4.99 Å². The molecule has 0 unspecified atom stereocenters. The summed E-state index contributed by atoms with van der Waals surface area (Å²) in [5, 5.41) is 7.06. The van der Waals surface area contributed by atoms with E-state index in [0.29, 0.717) is 30.4 Å². The van der Waals surface area contributed by atoms with Crippen LogP contribution in [0.15, 0.2) is 47.6 Å². The molecule has 0 fully saturated rings. The molecule has 0 aliphatic carbocycles. The van der Waals surface area contributed by atoms with Crippen molar-refractivity contribution in [1.29, 1.82) is 0 Å². The number of rotatable bonds is 8. The number of carbonyl (C=O) groups is 1. The predicted octanol–water partition coefficient (Wildman–Crippen LogP) is 3.12. The molecule has 0 atom stereocenters. The summed E-state index contributed by atoms with van der Waals surface area (Å²) in [6, 6.07) is 11.4. The highest BCUT2D eigenvalue weighted by molar-refractivity contribution is 6.29. The summed E-state index contributed by atoms with van der Waals surface area (Å²) in [5.41, 5.74) is 2.91. The van der Waals surface area contributed by atoms with Crippen molar-refractivity contribution in [3.8, 4) is 0 Å². The second-order valence-corrected chi connectivity index (χ2v) is 6.65. The lowest BCUT2D eigenvalue weighted by Crippen LogP contribution is -2.37. The molecule has 1 aromatic heterocycles. The number of nitrogens with zero attached hydrogens (tertiary/aromatic N) is 3. The van der Waals surface area contributed by atoms with E-state index in [1.807, 2.05) is 49.1 Å². The SMILES string of the molecule is CCN(CC)C(=O)c1ccc(CNC(=NC)NCCc2ccc(Cl)nc2)cc1. The van der Waals surface area contributed by atoms with Gasteiger partial charge in [0.2, 0.25) is 0 Å². The molecule has 0 bridgehead atoms. The van der Waals surface area contributed by atoms with Crippen molar-refractivity contribution >= 4 is 23.5 Å². The van der Waals surface area contributed by atoms with Crippen LogP contribution in [0.1, 0.15) is 35.3 Å². The molecule has 2 rings (SSSR count). The minimum absolute atomic E-state index is 0.0682. The van der Waals surface area contributed by atoms with Crippen LogP contribution < -0.4 is 10.6 Å². The fourth-order valence-corrected chi connectivity index (χ4v) is 2.86. The Kier molecular flexibility index (Phi) is 8.75. The average molecular weight is 402 g/mol. The fraction of sp³-hybridized carbons (Fsp3) is 0.381. The number of nitrogens with one attached hydrogen (secondary N) is 2. The van der Waals surface area contributed by atoms with Crippen LogP contribution in [0.5, 0.6) is 0 Å². The van der Waals surface area contributed by atoms with Crippen molar-refractivity contribution in [3.63, 3.8) is 0 Å². The summed E-state index contributed by atoms with van der Waals surface area (Å²) >= 11 is 5.80. The predicted molar refractivity (Wildman–Crippen MR) is 115 cm³/mol. The molecule has 0 spiro atoms. The standard InChI is InChI=1S/C21H28ClN5O/c1-4-27(5-2)20(28)18-9-6-16(7-10-18)15-26-21(23-3)24-13-12-17-8-11-19(22)25-14-17/h6-11,14H,4-5,12-13,15H2,1-3H3,(H2,23,24,26). The van der Waals surface area contributed by atoms with Crippen molar-refractivity contribution in [1.82, 2.24) is 20.5 Å². The van der Waals surface area contributed by atoms with Crippen molar-refractivity contribution in [2.45, 2.75) is 26.8 Å². The van der Waals surface area contributed by atoms with Gasteiger partial charge in [0, 0.05) is 45.0 Å². The van der Waals surface area contributed by atoms with Crippen LogP contribution >= 0.6 is 11.6 Å². The van der Waals surface area contributed by atoms with E-state index in [2.05, 4.69) is 20.6 Å². The number of hydrogen-bond donors (Lipinski definition) is 2. The van der Waals surface area contributed by atoms with Gasteiger partial charge < -0.3 is 15.5 Å². The number of guanidine groups is 1. The zero-order valence-corrected chi connectivity index (χ0v) is 17.5. The third-order valence-corrected chi connectivity index (χ3v) is 4.65. The van der Waals surface area contributed by atoms with Crippen LogP contribution in [-0.2, 0) is 13.0 Å². The van der Waals surface area contributed by atoms with Gasteiger partial charge in [0.15, 0.2) is 5.96 Å². The highest BCUT2D eigenvalue weighted by Gasteiger charge is 2.11. The summed E-state index contributed by atoms with van der Waals surface area (Å²) in [6.07, 6.45) is 2.61. The molecule has 1 aromatic carbocycles. The number of carbonyl (C=O) groups excluding carboxylic acids is 1. The van der Waals surface area contributed by atoms with Crippen LogP contribution in [-0.4, -0.2) is 48.4 Å². The van der Waals surface area contributed by atoms with Crippen LogP contribution in [0.25, 0.3) is 0 Å². The lowest BCUT2D eigenvalue weighted by Gasteiger charge is -2.18. The zero-order chi connectivity index (χ0) is 20.4. The Bertz CT molecular complexity index is 770. The first kappa shape index (κ1) is 21.7. The highest BCUT2D eigenvalue weighted by Crippen LogP contribution is 2.08. The van der Waals surface area contributed by atoms with Gasteiger partial charge in [0.05, 0.1) is 0 Å². The van der Waals surface area contributed by atoms with Crippen molar-refractivity contribution in [2.75, 3.05) is 26.7 Å². The maximum absolute atomic E-state index is 12.4. The Labute approximate surface area is 172 Å². The first-order chi connectivity index (χ1) is 13.6. The van der Waals surface area contributed by atoms with Gasteiger partial charge in [0.1, 0.15) is 5.15 Å². The molecule has 6 nitrogen and oxygen atoms in total. The maximum Gasteiger partial charge on any atom is 0.253 e. The Morgan fingerprint density at radius 3 is 2.32 bits per heavy atom. The molecule has 1 heterocycles. The van der Waals surface area contributed by atoms with E-state index in [-0.39, 0.29) is 5.91 Å². The van der Waals surface area contributed by atoms with E-state index in [1.165, 1.54) is 0 Å². The van der Waals surface area contributed by atoms with Crippen LogP contribution in [0.2, 0.25) is 5.15 Å². The van der Waals surface area contributed by atoms with E-state index >= 15 is 0 Å². The summed E-state index contributed by atoms with van der Waals surface area (Å²) in [7, 11) is 1.74. The number of pyridine rings is 1. The van der Waals surface area contributed by atoms with Crippen molar-refractivity contribution in [3.05, 3.63) is 64.4 Å². The highest BCUT2D eigenvalue weighted by atomic mass is 35.5. The zero-order valence-electron chi connectivity index (χ0n) is 16.7. The molecule has 150 valence electrons. The molecule has 0 saturated heterocycles. The van der Waals surface area contributed by atoms with E-state index in [9.17, 15) is 4.79 Å². The topological polar surface area (TPSA) is 69.6 Å². The molecule has 1 amide bonds. The number of amides is 1. The van der Waals surface area contributed by atoms with Gasteiger partial charge in [-0.2, -0.15) is 0 Å². The third kappa shape index (κ3) is 6.53. The van der Waals surface area contributed by atoms with Crippen molar-refractivity contribution < 1.29 is 4.79 Å². The fourth-order valence-electron chi connectivity index (χ4n) is 2.74. The van der Waals surface area contributed by atoms with Crippen LogP contribution in [0.4, 0.5) is 0 Å². The van der Waals surface area contributed by atoms with Gasteiger partial charge in [-0.3, -0.25) is 9.79 Å². The number of aromatic nitrogens is 1. The maximum atomic E-state index is 12.4. The number of aliphatic imine (C=N–C) groups is 1. The van der Waals surface area contributed by atoms with Gasteiger partial charge in [0.25, 0.3) is 5.91 Å². The largest absolute Gasteiger partial charge is 0.356 e. The van der Waals surface area contributed by atoms with E-state index in [1.54, 1.807) is 19.3 Å². The summed E-state index contributed by atoms with van der Waals surface area (Å²) in [6.45, 7) is 6.77. The summed E-state index contributed by atoms with van der Waals surface area (Å²) in [4.78, 5) is 22.5. The third-order valence-electron chi connectivity index (χ3n) is 4.43. The molecular weight excluding hydrogens is 374 g/mol. The summed E-state index contributed by atoms with van der Waals surface area (Å²) < 4.78 is 0. The molecule has 2 aromatic rings. The second kappa shape index (κ2) is 11.3. The first-order valence-corrected chi connectivity index (χ1v) is 9.88. The quantitative estimate of drug-likeness (QED) is 0.405. The van der Waals surface area contributed by atoms with Gasteiger partial charge in [-0.15, -0.1) is 0 Å². The minimum atomic E-state index is 0.0682. The molecule has 2 N–H and O–H groups in total. The molecule has 0 aliphatic heterocycles. The molecule has 0 saturated carbocycles. The van der Waals surface area contributed by atoms with Crippen LogP contribution in [0, 0.1) is 0 Å². The Morgan fingerprint density at radius 2 is 1.75 bits per heavy atom. The van der Waals surface area contributed by atoms with E-state index < -0.39 is 0 Å². The van der Waals surface area contributed by atoms with E-state index in [4.69, 9.17) is 11.6 Å². The Balaban J connectivity index is 1.81. The monoisotopic (exact) mass is 401 g/mol. The lowest BCUT2D eigenvalue weighted by molar-refractivity contribution is 0.0773. The molecule has 0 aliphatic rings. The molecule has 7 heteroatoms. The number of benzene rings is 1. The van der Waals surface area contributed by atoms with Gasteiger partial charge in [-0.1, -0.05) is 29.8 Å².